The van der Waals surface area contributed by atoms with Gasteiger partial charge in [-0.25, -0.2) is 0 Å². The normalized spacial score (nSPS) is 22.5. The molecule has 2 atom stereocenters. The number of nitrogens with one attached hydrogen (secondary N) is 1. The van der Waals surface area contributed by atoms with Crippen LogP contribution in [0.15, 0.2) is 24.3 Å². The Bertz CT molecular complexity index is 647. The van der Waals surface area contributed by atoms with Crippen LogP contribution in [-0.4, -0.2) is 56.0 Å². The van der Waals surface area contributed by atoms with E-state index < -0.39 is 0 Å². The highest BCUT2D eigenvalue weighted by atomic mass is 16.5. The zero-order valence-electron chi connectivity index (χ0n) is 15.7. The van der Waals surface area contributed by atoms with Gasteiger partial charge in [-0.3, -0.25) is 9.59 Å². The van der Waals surface area contributed by atoms with Crippen LogP contribution in [0.2, 0.25) is 0 Å². The number of fused-ring (bicyclic) bond motifs is 1. The Morgan fingerprint density at radius 3 is 2.85 bits per heavy atom. The zero-order chi connectivity index (χ0) is 18.5. The molecule has 0 unspecified atom stereocenters. The number of amides is 2. The molecule has 142 valence electrons. The highest BCUT2D eigenvalue weighted by Gasteiger charge is 2.26. The first-order valence-electron chi connectivity index (χ1n) is 9.52. The van der Waals surface area contributed by atoms with Crippen molar-refractivity contribution in [1.29, 1.82) is 0 Å². The fourth-order valence-electron chi connectivity index (χ4n) is 3.85. The van der Waals surface area contributed by atoms with Crippen molar-refractivity contribution >= 4 is 17.5 Å². The van der Waals surface area contributed by atoms with Crippen molar-refractivity contribution in [2.75, 3.05) is 32.1 Å². The number of rotatable bonds is 5. The van der Waals surface area contributed by atoms with E-state index in [1.54, 1.807) is 4.90 Å². The van der Waals surface area contributed by atoms with Gasteiger partial charge in [-0.05, 0) is 51.9 Å². The van der Waals surface area contributed by atoms with Gasteiger partial charge in [-0.15, -0.1) is 0 Å². The number of hydrogen-bond acceptors (Lipinski definition) is 4. The van der Waals surface area contributed by atoms with E-state index in [9.17, 15) is 9.59 Å². The van der Waals surface area contributed by atoms with E-state index in [-0.39, 0.29) is 30.7 Å². The van der Waals surface area contributed by atoms with Crippen LogP contribution >= 0.6 is 0 Å². The van der Waals surface area contributed by atoms with Gasteiger partial charge in [0.2, 0.25) is 11.8 Å². The van der Waals surface area contributed by atoms with Crippen LogP contribution in [0.1, 0.15) is 38.5 Å². The zero-order valence-corrected chi connectivity index (χ0v) is 15.7. The van der Waals surface area contributed by atoms with Gasteiger partial charge in [0.15, 0.2) is 0 Å². The lowest BCUT2D eigenvalue weighted by Crippen LogP contribution is -2.44. The van der Waals surface area contributed by atoms with Gasteiger partial charge >= 0.3 is 0 Å². The summed E-state index contributed by atoms with van der Waals surface area (Å²) in [4.78, 5) is 28.8. The molecular formula is C20H29N3O3. The van der Waals surface area contributed by atoms with Crippen LogP contribution in [0.25, 0.3) is 0 Å². The summed E-state index contributed by atoms with van der Waals surface area (Å²) < 4.78 is 5.58. The van der Waals surface area contributed by atoms with E-state index in [2.05, 4.69) is 24.3 Å². The number of nitrogens with zero attached hydrogens (tertiary/aromatic N) is 2. The molecule has 3 rings (SSSR count). The Kier molecular flexibility index (Phi) is 6.14. The lowest BCUT2D eigenvalue weighted by molar-refractivity contribution is -0.126. The quantitative estimate of drug-likeness (QED) is 0.875. The second kappa shape index (κ2) is 8.54. The molecule has 1 heterocycles. The average molecular weight is 359 g/mol. The van der Waals surface area contributed by atoms with Crippen molar-refractivity contribution in [2.24, 2.45) is 0 Å². The highest BCUT2D eigenvalue weighted by Crippen LogP contribution is 2.31. The monoisotopic (exact) mass is 359 g/mol. The van der Waals surface area contributed by atoms with E-state index in [1.165, 1.54) is 6.42 Å². The van der Waals surface area contributed by atoms with E-state index in [0.717, 1.165) is 30.7 Å². The van der Waals surface area contributed by atoms with E-state index in [0.29, 0.717) is 19.2 Å². The lowest BCUT2D eigenvalue weighted by Gasteiger charge is -2.33. The molecule has 26 heavy (non-hydrogen) atoms. The molecule has 0 radical (unpaired) electrons. The molecule has 1 saturated carbocycles. The van der Waals surface area contributed by atoms with Gasteiger partial charge in [0, 0.05) is 24.9 Å². The summed E-state index contributed by atoms with van der Waals surface area (Å²) in [5, 5.41) is 3.12. The molecule has 0 bridgehead atoms. The number of carbonyl (C=O) groups is 2. The topological polar surface area (TPSA) is 61.9 Å². The molecular weight excluding hydrogens is 330 g/mol. The number of para-hydroxylation sites is 2. The third-order valence-electron chi connectivity index (χ3n) is 5.34. The molecule has 1 N–H and O–H groups in total. The summed E-state index contributed by atoms with van der Waals surface area (Å²) in [5.41, 5.74) is 0.797. The van der Waals surface area contributed by atoms with Crippen LogP contribution < -0.4 is 15.0 Å². The number of ether oxygens (including phenoxy) is 1. The van der Waals surface area contributed by atoms with Gasteiger partial charge in [0.1, 0.15) is 12.4 Å². The fourth-order valence-corrected chi connectivity index (χ4v) is 3.85. The van der Waals surface area contributed by atoms with Gasteiger partial charge < -0.3 is 19.9 Å². The molecule has 1 aliphatic carbocycles. The van der Waals surface area contributed by atoms with Crippen LogP contribution in [0.4, 0.5) is 5.69 Å². The maximum atomic E-state index is 12.6. The third kappa shape index (κ3) is 4.55. The smallest absolute Gasteiger partial charge is 0.227 e. The number of benzene rings is 1. The molecule has 2 amide bonds. The second-order valence-corrected chi connectivity index (χ2v) is 7.41. The SMILES string of the molecule is CN(C)[C@@H]1CCC[C@H](NC(=O)CCC(=O)N2CCOc3ccccc32)C1. The summed E-state index contributed by atoms with van der Waals surface area (Å²) in [5.74, 6) is 0.684. The third-order valence-corrected chi connectivity index (χ3v) is 5.34. The van der Waals surface area contributed by atoms with Crippen LogP contribution in [0.5, 0.6) is 5.75 Å². The van der Waals surface area contributed by atoms with Crippen molar-refractivity contribution in [1.82, 2.24) is 10.2 Å². The van der Waals surface area contributed by atoms with Gasteiger partial charge in [0.25, 0.3) is 0 Å². The number of carbonyl (C=O) groups excluding carboxylic acids is 2. The van der Waals surface area contributed by atoms with Crippen molar-refractivity contribution < 1.29 is 14.3 Å². The number of hydrogen-bond donors (Lipinski definition) is 1. The molecule has 1 aromatic carbocycles. The molecule has 0 saturated heterocycles. The largest absolute Gasteiger partial charge is 0.490 e. The molecule has 0 spiro atoms. The molecule has 0 aromatic heterocycles. The second-order valence-electron chi connectivity index (χ2n) is 7.41. The summed E-state index contributed by atoms with van der Waals surface area (Å²) in [6.07, 6.45) is 4.81. The molecule has 1 aromatic rings. The Morgan fingerprint density at radius 2 is 2.04 bits per heavy atom. The highest BCUT2D eigenvalue weighted by molar-refractivity contribution is 5.97. The van der Waals surface area contributed by atoms with Crippen molar-refractivity contribution in [3.05, 3.63) is 24.3 Å². The molecule has 2 aliphatic rings. The first kappa shape index (κ1) is 18.7. The van der Waals surface area contributed by atoms with Crippen LogP contribution in [-0.2, 0) is 9.59 Å². The Balaban J connectivity index is 1.48. The standard InChI is InChI=1S/C20H29N3O3/c1-22(2)16-7-5-6-15(14-16)21-19(24)10-11-20(25)23-12-13-26-18-9-4-3-8-17(18)23/h3-4,8-9,15-16H,5-7,10-14H2,1-2H3,(H,21,24)/t15-,16+/m0/s1. The van der Waals surface area contributed by atoms with Crippen molar-refractivity contribution in [3.63, 3.8) is 0 Å². The first-order valence-corrected chi connectivity index (χ1v) is 9.52. The molecule has 1 aliphatic heterocycles. The maximum Gasteiger partial charge on any atom is 0.227 e. The minimum Gasteiger partial charge on any atom is -0.490 e. The summed E-state index contributed by atoms with van der Waals surface area (Å²) in [7, 11) is 4.18. The Labute approximate surface area is 155 Å². The Morgan fingerprint density at radius 1 is 1.23 bits per heavy atom. The van der Waals surface area contributed by atoms with E-state index in [1.807, 2.05) is 24.3 Å². The lowest BCUT2D eigenvalue weighted by atomic mass is 9.90. The minimum absolute atomic E-state index is 0.0225. The maximum absolute atomic E-state index is 12.6. The predicted octanol–water partition coefficient (Wildman–Crippen LogP) is 2.18. The van der Waals surface area contributed by atoms with E-state index >= 15 is 0 Å². The summed E-state index contributed by atoms with van der Waals surface area (Å²) >= 11 is 0. The first-order chi connectivity index (χ1) is 12.5. The molecule has 6 heteroatoms. The van der Waals surface area contributed by atoms with Gasteiger partial charge in [-0.2, -0.15) is 0 Å². The predicted molar refractivity (Wildman–Crippen MR) is 101 cm³/mol. The summed E-state index contributed by atoms with van der Waals surface area (Å²) in [6, 6.07) is 8.29. The van der Waals surface area contributed by atoms with Gasteiger partial charge in [-0.1, -0.05) is 12.1 Å². The van der Waals surface area contributed by atoms with Gasteiger partial charge in [0.05, 0.1) is 12.2 Å². The fraction of sp³-hybridized carbons (Fsp3) is 0.600. The molecule has 6 nitrogen and oxygen atoms in total. The molecule has 1 fully saturated rings. The Hall–Kier alpha value is -2.08. The van der Waals surface area contributed by atoms with Crippen molar-refractivity contribution in [2.45, 2.75) is 50.6 Å². The summed E-state index contributed by atoms with van der Waals surface area (Å²) in [6.45, 7) is 1.02. The minimum atomic E-state index is -0.0238. The van der Waals surface area contributed by atoms with Crippen molar-refractivity contribution in [3.8, 4) is 5.75 Å². The average Bonchev–Trinajstić information content (AvgIpc) is 2.66. The van der Waals surface area contributed by atoms with Crippen LogP contribution in [0, 0.1) is 0 Å². The van der Waals surface area contributed by atoms with Crippen LogP contribution in [0.3, 0.4) is 0 Å². The van der Waals surface area contributed by atoms with E-state index in [4.69, 9.17) is 4.74 Å². The number of anilines is 1.